The first-order valence-electron chi connectivity index (χ1n) is 5.67. The number of hydrogen-bond acceptors (Lipinski definition) is 0. The molecule has 84 valence electrons. The fourth-order valence-corrected chi connectivity index (χ4v) is 1.06. The van der Waals surface area contributed by atoms with Gasteiger partial charge in [0, 0.05) is 0 Å². The van der Waals surface area contributed by atoms with Crippen LogP contribution in [0.3, 0.4) is 0 Å². The van der Waals surface area contributed by atoms with E-state index >= 15 is 0 Å². The molecule has 0 aromatic rings. The molecule has 0 aromatic heterocycles. The maximum Gasteiger partial charge on any atom is -0.0136 e. The summed E-state index contributed by atoms with van der Waals surface area (Å²) in [4.78, 5) is 0. The highest BCUT2D eigenvalue weighted by atomic mass is 13.9. The molecule has 0 saturated carbocycles. The lowest BCUT2D eigenvalue weighted by Crippen LogP contribution is -1.75. The topological polar surface area (TPSA) is 0 Å². The smallest absolute Gasteiger partial charge is 0.0136 e. The van der Waals surface area contributed by atoms with Gasteiger partial charge in [-0.05, 0) is 47.5 Å². The Bertz CT molecular complexity index is 285. The van der Waals surface area contributed by atoms with E-state index in [2.05, 4.69) is 65.0 Å². The van der Waals surface area contributed by atoms with Gasteiger partial charge in [0.2, 0.25) is 0 Å². The van der Waals surface area contributed by atoms with Gasteiger partial charge in [0.1, 0.15) is 0 Å². The van der Waals surface area contributed by atoms with Crippen LogP contribution in [0.25, 0.3) is 0 Å². The molecule has 0 aliphatic carbocycles. The maximum atomic E-state index is 2.27. The molecule has 0 saturated heterocycles. The Balaban J connectivity index is 4.07. The third kappa shape index (κ3) is 7.99. The summed E-state index contributed by atoms with van der Waals surface area (Å²) in [6.45, 7) is 10.7. The van der Waals surface area contributed by atoms with Crippen LogP contribution in [0, 0.1) is 0 Å². The Kier molecular flexibility index (Phi) is 7.71. The van der Waals surface area contributed by atoms with Gasteiger partial charge in [0.25, 0.3) is 0 Å². The molecule has 0 amide bonds. The molecule has 15 heavy (non-hydrogen) atoms. The first-order chi connectivity index (χ1) is 7.10. The van der Waals surface area contributed by atoms with Gasteiger partial charge < -0.3 is 0 Å². The fourth-order valence-electron chi connectivity index (χ4n) is 1.06. The van der Waals surface area contributed by atoms with Gasteiger partial charge in [-0.15, -0.1) is 0 Å². The number of hydrogen-bond donors (Lipinski definition) is 0. The van der Waals surface area contributed by atoms with Gasteiger partial charge in [-0.25, -0.2) is 0 Å². The highest BCUT2D eigenvalue weighted by molar-refractivity contribution is 5.20. The molecular formula is C15H24. The van der Waals surface area contributed by atoms with E-state index in [9.17, 15) is 0 Å². The highest BCUT2D eigenvalue weighted by Gasteiger charge is 1.86. The van der Waals surface area contributed by atoms with Crippen LogP contribution in [-0.2, 0) is 0 Å². The van der Waals surface area contributed by atoms with Crippen molar-refractivity contribution in [3.63, 3.8) is 0 Å². The van der Waals surface area contributed by atoms with Crippen LogP contribution in [0.15, 0.2) is 47.1 Å². The van der Waals surface area contributed by atoms with E-state index in [0.29, 0.717) is 0 Å². The van der Waals surface area contributed by atoms with Crippen molar-refractivity contribution in [3.05, 3.63) is 47.1 Å². The summed E-state index contributed by atoms with van der Waals surface area (Å²) in [7, 11) is 0. The molecule has 0 N–H and O–H groups in total. The minimum absolute atomic E-state index is 1.06. The highest BCUT2D eigenvalue weighted by Crippen LogP contribution is 2.07. The van der Waals surface area contributed by atoms with Gasteiger partial charge in [-0.3, -0.25) is 0 Å². The van der Waals surface area contributed by atoms with Crippen LogP contribution >= 0.6 is 0 Å². The van der Waals surface area contributed by atoms with Crippen molar-refractivity contribution in [2.45, 2.75) is 47.5 Å². The monoisotopic (exact) mass is 204 g/mol. The predicted octanol–water partition coefficient (Wildman–Crippen LogP) is 5.20. The van der Waals surface area contributed by atoms with Crippen LogP contribution in [0.2, 0.25) is 0 Å². The van der Waals surface area contributed by atoms with Crippen LogP contribution in [-0.4, -0.2) is 0 Å². The van der Waals surface area contributed by atoms with E-state index in [0.717, 1.165) is 12.8 Å². The molecule has 0 aromatic carbocycles. The Labute approximate surface area is 95.1 Å². The Morgan fingerprint density at radius 2 is 1.40 bits per heavy atom. The predicted molar refractivity (Wildman–Crippen MR) is 71.0 cm³/mol. The summed E-state index contributed by atoms with van der Waals surface area (Å²) in [5.41, 5.74) is 4.19. The van der Waals surface area contributed by atoms with Crippen LogP contribution < -0.4 is 0 Å². The molecule has 0 rings (SSSR count). The first-order valence-corrected chi connectivity index (χ1v) is 5.67. The average Bonchev–Trinajstić information content (AvgIpc) is 2.25. The van der Waals surface area contributed by atoms with Crippen molar-refractivity contribution < 1.29 is 0 Å². The van der Waals surface area contributed by atoms with Crippen molar-refractivity contribution in [1.82, 2.24) is 0 Å². The number of allylic oxidation sites excluding steroid dienone is 8. The lowest BCUT2D eigenvalue weighted by atomic mass is 10.1. The molecule has 0 aliphatic rings. The van der Waals surface area contributed by atoms with E-state index < -0.39 is 0 Å². The molecule has 0 heteroatoms. The normalized spacial score (nSPS) is 15.1. The van der Waals surface area contributed by atoms with E-state index in [1.54, 1.807) is 0 Å². The summed E-state index contributed by atoms with van der Waals surface area (Å²) in [5.74, 6) is 0. The molecule has 0 spiro atoms. The average molecular weight is 204 g/mol. The quantitative estimate of drug-likeness (QED) is 0.426. The van der Waals surface area contributed by atoms with Gasteiger partial charge >= 0.3 is 0 Å². The summed E-state index contributed by atoms with van der Waals surface area (Å²) in [6, 6.07) is 0. The molecule has 0 atom stereocenters. The fraction of sp³-hybridized carbons (Fsp3) is 0.467. The molecule has 0 aliphatic heterocycles. The van der Waals surface area contributed by atoms with Crippen molar-refractivity contribution in [2.75, 3.05) is 0 Å². The van der Waals surface area contributed by atoms with E-state index in [4.69, 9.17) is 0 Å². The third-order valence-corrected chi connectivity index (χ3v) is 2.55. The summed E-state index contributed by atoms with van der Waals surface area (Å²) < 4.78 is 0. The molecule has 0 bridgehead atoms. The molecular weight excluding hydrogens is 180 g/mol. The van der Waals surface area contributed by atoms with Crippen LogP contribution in [0.5, 0.6) is 0 Å². The largest absolute Gasteiger partial charge is 0.0884 e. The summed E-state index contributed by atoms with van der Waals surface area (Å²) in [5, 5.41) is 0. The summed E-state index contributed by atoms with van der Waals surface area (Å²) >= 11 is 0. The molecule has 0 heterocycles. The Morgan fingerprint density at radius 3 is 1.93 bits per heavy atom. The zero-order valence-corrected chi connectivity index (χ0v) is 10.8. The van der Waals surface area contributed by atoms with Gasteiger partial charge in [-0.2, -0.15) is 0 Å². The van der Waals surface area contributed by atoms with E-state index in [1.807, 2.05) is 0 Å². The standard InChI is InChI=1S/C15H24/c1-6-13(3)9-8-10-15(5)12-11-14(4)7-2/h6-8,10,12H,9,11H2,1-5H3/b10-8?,13-6+,14-7?,15-12?. The second-order valence-corrected chi connectivity index (χ2v) is 4.03. The molecule has 0 unspecified atom stereocenters. The Hall–Kier alpha value is -1.04. The van der Waals surface area contributed by atoms with Crippen molar-refractivity contribution >= 4 is 0 Å². The SMILES string of the molecule is CC=C(C)CC=C(C)C=CC/C(C)=C/C. The minimum atomic E-state index is 1.06. The van der Waals surface area contributed by atoms with Crippen molar-refractivity contribution in [3.8, 4) is 0 Å². The van der Waals surface area contributed by atoms with Crippen molar-refractivity contribution in [2.24, 2.45) is 0 Å². The van der Waals surface area contributed by atoms with Crippen LogP contribution in [0.4, 0.5) is 0 Å². The molecule has 0 radical (unpaired) electrons. The lowest BCUT2D eigenvalue weighted by molar-refractivity contribution is 1.17. The van der Waals surface area contributed by atoms with Gasteiger partial charge in [-0.1, -0.05) is 47.1 Å². The van der Waals surface area contributed by atoms with Gasteiger partial charge in [0.15, 0.2) is 0 Å². The maximum absolute atomic E-state index is 2.27. The molecule has 0 fully saturated rings. The second kappa shape index (κ2) is 8.28. The minimum Gasteiger partial charge on any atom is -0.0884 e. The third-order valence-electron chi connectivity index (χ3n) is 2.55. The zero-order chi connectivity index (χ0) is 11.7. The van der Waals surface area contributed by atoms with Crippen molar-refractivity contribution in [1.29, 1.82) is 0 Å². The first kappa shape index (κ1) is 14.0. The van der Waals surface area contributed by atoms with E-state index in [1.165, 1.54) is 16.7 Å². The molecule has 0 nitrogen and oxygen atoms in total. The van der Waals surface area contributed by atoms with Crippen LogP contribution in [0.1, 0.15) is 47.5 Å². The number of rotatable bonds is 5. The summed E-state index contributed by atoms with van der Waals surface area (Å²) in [6.07, 6.45) is 13.2. The lowest BCUT2D eigenvalue weighted by Gasteiger charge is -1.96. The Morgan fingerprint density at radius 1 is 0.867 bits per heavy atom. The van der Waals surface area contributed by atoms with Gasteiger partial charge in [0.05, 0.1) is 0 Å². The second-order valence-electron chi connectivity index (χ2n) is 4.03. The zero-order valence-electron chi connectivity index (χ0n) is 10.8. The van der Waals surface area contributed by atoms with E-state index in [-0.39, 0.29) is 0 Å².